The summed E-state index contributed by atoms with van der Waals surface area (Å²) in [5.74, 6) is 0. The van der Waals surface area contributed by atoms with Gasteiger partial charge >= 0.3 is 0 Å². The average molecular weight is 440 g/mol. The van der Waals surface area contributed by atoms with E-state index in [-0.39, 0.29) is 24.6 Å². The van der Waals surface area contributed by atoms with Crippen LogP contribution in [0.25, 0.3) is 0 Å². The molecule has 0 aliphatic rings. The zero-order valence-corrected chi connectivity index (χ0v) is 18.5. The molecule has 0 radical (unpaired) electrons. The molecule has 0 N–H and O–H groups in total. The van der Waals surface area contributed by atoms with Crippen LogP contribution in [0.2, 0.25) is 0 Å². The third-order valence-corrected chi connectivity index (χ3v) is 4.69. The van der Waals surface area contributed by atoms with E-state index >= 15 is 0 Å². The Morgan fingerprint density at radius 1 is 0.875 bits per heavy atom. The molecule has 0 heterocycles. The van der Waals surface area contributed by atoms with Gasteiger partial charge in [0.05, 0.1) is 34.2 Å². The highest BCUT2D eigenvalue weighted by molar-refractivity contribution is 5.40. The van der Waals surface area contributed by atoms with Gasteiger partial charge in [0.1, 0.15) is 0 Å². The number of hydrogen-bond donors (Lipinski definition) is 0. The van der Waals surface area contributed by atoms with Crippen molar-refractivity contribution in [2.45, 2.75) is 53.1 Å². The van der Waals surface area contributed by atoms with Crippen molar-refractivity contribution in [1.29, 1.82) is 0 Å². The topological polar surface area (TPSA) is 105 Å². The number of hydrogen-bond acceptors (Lipinski definition) is 6. The van der Waals surface area contributed by atoms with Crippen molar-refractivity contribution in [1.82, 2.24) is 0 Å². The van der Waals surface area contributed by atoms with Crippen molar-refractivity contribution < 1.29 is 19.3 Å². The molecular weight excluding hydrogens is 412 g/mol. The van der Waals surface area contributed by atoms with Gasteiger partial charge in [-0.05, 0) is 51.8 Å². The summed E-state index contributed by atoms with van der Waals surface area (Å²) in [7, 11) is 0. The maximum Gasteiger partial charge on any atom is 0.274 e. The van der Waals surface area contributed by atoms with Gasteiger partial charge in [0.25, 0.3) is 11.4 Å². The Morgan fingerprint density at radius 2 is 1.34 bits per heavy atom. The smallest absolute Gasteiger partial charge is 0.274 e. The van der Waals surface area contributed by atoms with E-state index in [1.807, 2.05) is 26.8 Å². The summed E-state index contributed by atoms with van der Waals surface area (Å²) in [6.45, 7) is 5.96. The second-order valence-corrected chi connectivity index (χ2v) is 7.60. The minimum absolute atomic E-state index is 0.0313. The Bertz CT molecular complexity index is 934. The zero-order valence-electron chi connectivity index (χ0n) is 18.5. The number of allylic oxidation sites excluding steroid dienone is 3. The van der Waals surface area contributed by atoms with E-state index in [2.05, 4.69) is 6.08 Å². The van der Waals surface area contributed by atoms with Gasteiger partial charge in [-0.25, -0.2) is 0 Å². The van der Waals surface area contributed by atoms with E-state index in [1.165, 1.54) is 17.7 Å². The van der Waals surface area contributed by atoms with Gasteiger partial charge in [0.2, 0.25) is 0 Å². The Kier molecular flexibility index (Phi) is 9.72. The summed E-state index contributed by atoms with van der Waals surface area (Å²) in [6.07, 6.45) is 4.79. The van der Waals surface area contributed by atoms with Crippen LogP contribution in [0.15, 0.2) is 71.8 Å². The fourth-order valence-electron chi connectivity index (χ4n) is 3.01. The fraction of sp³-hybridized carbons (Fsp3) is 0.333. The van der Waals surface area contributed by atoms with Gasteiger partial charge in [-0.2, -0.15) is 0 Å². The third-order valence-electron chi connectivity index (χ3n) is 4.69. The van der Waals surface area contributed by atoms with Crippen LogP contribution in [0.1, 0.15) is 44.7 Å². The van der Waals surface area contributed by atoms with Gasteiger partial charge in [-0.15, -0.1) is 0 Å². The first kappa shape index (κ1) is 24.9. The van der Waals surface area contributed by atoms with Crippen molar-refractivity contribution >= 4 is 11.4 Å². The lowest BCUT2D eigenvalue weighted by molar-refractivity contribution is -0.386. The highest BCUT2D eigenvalue weighted by Crippen LogP contribution is 2.22. The first-order chi connectivity index (χ1) is 15.3. The minimum Gasteiger partial charge on any atom is -0.344 e. The van der Waals surface area contributed by atoms with Crippen molar-refractivity contribution in [3.63, 3.8) is 0 Å². The van der Waals surface area contributed by atoms with Gasteiger partial charge in [0.15, 0.2) is 6.29 Å². The molecule has 0 fully saturated rings. The largest absolute Gasteiger partial charge is 0.344 e. The maximum atomic E-state index is 11.3. The SMILES string of the molecule is CC(C)=CCC/C(C)=C/C(OCc1ccccc1[N+](=O)[O-])OCc1ccccc1[N+](=O)[O-]. The summed E-state index contributed by atoms with van der Waals surface area (Å²) in [5, 5.41) is 22.5. The summed E-state index contributed by atoms with van der Waals surface area (Å²) in [4.78, 5) is 21.6. The summed E-state index contributed by atoms with van der Waals surface area (Å²) >= 11 is 0. The molecule has 32 heavy (non-hydrogen) atoms. The molecule has 0 amide bonds. The molecule has 0 aromatic heterocycles. The molecule has 0 atom stereocenters. The number of nitro benzene ring substituents is 2. The first-order valence-electron chi connectivity index (χ1n) is 10.3. The molecule has 2 aromatic carbocycles. The monoisotopic (exact) mass is 440 g/mol. The molecule has 0 spiro atoms. The summed E-state index contributed by atoms with van der Waals surface area (Å²) in [5.41, 5.74) is 3.04. The number of nitro groups is 2. The highest BCUT2D eigenvalue weighted by Gasteiger charge is 2.17. The van der Waals surface area contributed by atoms with Crippen LogP contribution in [0.4, 0.5) is 11.4 Å². The molecule has 0 unspecified atom stereocenters. The molecule has 170 valence electrons. The lowest BCUT2D eigenvalue weighted by atomic mass is 10.1. The van der Waals surface area contributed by atoms with E-state index in [1.54, 1.807) is 36.4 Å². The molecule has 2 aromatic rings. The van der Waals surface area contributed by atoms with Gasteiger partial charge in [-0.1, -0.05) is 41.5 Å². The van der Waals surface area contributed by atoms with Gasteiger partial charge in [-0.3, -0.25) is 20.2 Å². The summed E-state index contributed by atoms with van der Waals surface area (Å²) in [6, 6.07) is 12.7. The fourth-order valence-corrected chi connectivity index (χ4v) is 3.01. The predicted molar refractivity (Wildman–Crippen MR) is 122 cm³/mol. The first-order valence-corrected chi connectivity index (χ1v) is 10.3. The Morgan fingerprint density at radius 3 is 1.78 bits per heavy atom. The van der Waals surface area contributed by atoms with Crippen LogP contribution in [0.3, 0.4) is 0 Å². The lowest BCUT2D eigenvalue weighted by Gasteiger charge is -2.17. The second-order valence-electron chi connectivity index (χ2n) is 7.60. The highest BCUT2D eigenvalue weighted by atomic mass is 16.7. The van der Waals surface area contributed by atoms with E-state index in [4.69, 9.17) is 9.47 Å². The van der Waals surface area contributed by atoms with Crippen LogP contribution in [0.5, 0.6) is 0 Å². The van der Waals surface area contributed by atoms with Crippen LogP contribution in [-0.4, -0.2) is 16.1 Å². The second kappa shape index (κ2) is 12.5. The van der Waals surface area contributed by atoms with E-state index in [0.717, 1.165) is 18.4 Å². The normalized spacial score (nSPS) is 11.4. The lowest BCUT2D eigenvalue weighted by Crippen LogP contribution is -2.16. The molecule has 0 bridgehead atoms. The van der Waals surface area contributed by atoms with Gasteiger partial charge < -0.3 is 9.47 Å². The maximum absolute atomic E-state index is 11.3. The van der Waals surface area contributed by atoms with Crippen molar-refractivity contribution in [3.8, 4) is 0 Å². The average Bonchev–Trinajstić information content (AvgIpc) is 2.75. The van der Waals surface area contributed by atoms with Crippen molar-refractivity contribution in [3.05, 3.63) is 103 Å². The molecule has 8 nitrogen and oxygen atoms in total. The summed E-state index contributed by atoms with van der Waals surface area (Å²) < 4.78 is 11.7. The third kappa shape index (κ3) is 8.05. The Labute approximate surface area is 187 Å². The van der Waals surface area contributed by atoms with Crippen molar-refractivity contribution in [2.24, 2.45) is 0 Å². The van der Waals surface area contributed by atoms with E-state index in [9.17, 15) is 20.2 Å². The van der Waals surface area contributed by atoms with E-state index < -0.39 is 16.1 Å². The number of benzene rings is 2. The molecule has 0 aliphatic carbocycles. The molecule has 0 aliphatic heterocycles. The standard InChI is InChI=1S/C24H28N2O6/c1-18(2)9-8-10-19(3)15-24(31-16-20-11-4-6-13-22(20)25(27)28)32-17-21-12-5-7-14-23(21)26(29)30/h4-7,9,11-15,24H,8,10,16-17H2,1-3H3/b19-15+. The number of rotatable bonds is 12. The van der Waals surface area contributed by atoms with Crippen LogP contribution >= 0.6 is 0 Å². The molecule has 2 rings (SSSR count). The minimum atomic E-state index is -0.818. The van der Waals surface area contributed by atoms with Gasteiger partial charge in [0, 0.05) is 12.1 Å². The quantitative estimate of drug-likeness (QED) is 0.167. The Hall–Kier alpha value is -3.36. The Balaban J connectivity index is 2.17. The number of ether oxygens (including phenoxy) is 2. The molecule has 0 saturated heterocycles. The van der Waals surface area contributed by atoms with Crippen LogP contribution in [-0.2, 0) is 22.7 Å². The molecular formula is C24H28N2O6. The molecule has 8 heteroatoms. The zero-order chi connectivity index (χ0) is 23.5. The van der Waals surface area contributed by atoms with Crippen LogP contribution < -0.4 is 0 Å². The molecule has 0 saturated carbocycles. The predicted octanol–water partition coefficient (Wildman–Crippen LogP) is 6.26. The number of nitrogens with zero attached hydrogens (tertiary/aromatic N) is 2. The van der Waals surface area contributed by atoms with Crippen molar-refractivity contribution in [2.75, 3.05) is 0 Å². The number of para-hydroxylation sites is 2. The van der Waals surface area contributed by atoms with Crippen LogP contribution in [0, 0.1) is 20.2 Å². The van der Waals surface area contributed by atoms with E-state index in [0.29, 0.717) is 11.1 Å².